The highest BCUT2D eigenvalue weighted by atomic mass is 32.2. The van der Waals surface area contributed by atoms with Crippen molar-refractivity contribution in [3.05, 3.63) is 42.0 Å². The number of allylic oxidation sites excluding steroid dienone is 2. The lowest BCUT2D eigenvalue weighted by Gasteiger charge is -2.15. The van der Waals surface area contributed by atoms with Crippen molar-refractivity contribution in [3.8, 4) is 0 Å². The first-order valence-corrected chi connectivity index (χ1v) is 8.68. The Balaban J connectivity index is 2.64. The number of thioether (sulfide) groups is 1. The maximum Gasteiger partial charge on any atom is 0.00721 e. The smallest absolute Gasteiger partial charge is 0.00721 e. The lowest BCUT2D eigenvalue weighted by molar-refractivity contribution is 0.620. The minimum atomic E-state index is 0.693. The third kappa shape index (κ3) is 6.33. The van der Waals surface area contributed by atoms with Gasteiger partial charge in [0.05, 0.1) is 0 Å². The van der Waals surface area contributed by atoms with Gasteiger partial charge in [0.2, 0.25) is 0 Å². The van der Waals surface area contributed by atoms with E-state index in [9.17, 15) is 0 Å². The van der Waals surface area contributed by atoms with Crippen LogP contribution >= 0.6 is 11.8 Å². The van der Waals surface area contributed by atoms with Crippen LogP contribution in [0.2, 0.25) is 0 Å². The fourth-order valence-corrected chi connectivity index (χ4v) is 3.02. The van der Waals surface area contributed by atoms with Gasteiger partial charge in [0.15, 0.2) is 0 Å². The molecule has 1 aromatic carbocycles. The van der Waals surface area contributed by atoms with Gasteiger partial charge in [-0.25, -0.2) is 0 Å². The summed E-state index contributed by atoms with van der Waals surface area (Å²) < 4.78 is 0. The van der Waals surface area contributed by atoms with Crippen molar-refractivity contribution in [1.82, 2.24) is 0 Å². The molecule has 0 bridgehead atoms. The molecule has 0 spiro atoms. The number of hydrogen-bond acceptors (Lipinski definition) is 1. The van der Waals surface area contributed by atoms with Gasteiger partial charge in [-0.1, -0.05) is 51.5 Å². The first-order chi connectivity index (χ1) is 9.31. The Bertz CT molecular complexity index is 350. The van der Waals surface area contributed by atoms with Gasteiger partial charge >= 0.3 is 0 Å². The van der Waals surface area contributed by atoms with Gasteiger partial charge in [-0.15, -0.1) is 11.8 Å². The van der Waals surface area contributed by atoms with Crippen molar-refractivity contribution in [3.63, 3.8) is 0 Å². The molecule has 0 aliphatic rings. The van der Waals surface area contributed by atoms with E-state index in [0.29, 0.717) is 5.92 Å². The molecule has 1 unspecified atom stereocenters. The zero-order valence-electron chi connectivity index (χ0n) is 12.7. The average Bonchev–Trinajstić information content (AvgIpc) is 2.45. The normalized spacial score (nSPS) is 13.0. The van der Waals surface area contributed by atoms with Gasteiger partial charge < -0.3 is 0 Å². The summed E-state index contributed by atoms with van der Waals surface area (Å²) in [5.74, 6) is 1.91. The van der Waals surface area contributed by atoms with Gasteiger partial charge in [0.25, 0.3) is 0 Å². The molecule has 1 aromatic rings. The second-order valence-corrected chi connectivity index (χ2v) is 6.19. The summed E-state index contributed by atoms with van der Waals surface area (Å²) >= 11 is 1.96. The standard InChI is InChI=1S/C18H28S/c1-4-7-8-10-16(9-5-2)17-11-13-18(14-12-17)19-15-6-3/h7-8,11-14,16H,4-6,9-10,15H2,1-3H3/b8-7-. The Morgan fingerprint density at radius 3 is 2.32 bits per heavy atom. The largest absolute Gasteiger partial charge is 0.126 e. The molecule has 0 heterocycles. The summed E-state index contributed by atoms with van der Waals surface area (Å²) in [7, 11) is 0. The van der Waals surface area contributed by atoms with Crippen LogP contribution in [0.15, 0.2) is 41.3 Å². The SMILES string of the molecule is CC/C=C\CC(CCC)c1ccc(SCCC)cc1. The Hall–Kier alpha value is -0.690. The van der Waals surface area contributed by atoms with Crippen LogP contribution in [-0.2, 0) is 0 Å². The highest BCUT2D eigenvalue weighted by Gasteiger charge is 2.08. The Labute approximate surface area is 123 Å². The van der Waals surface area contributed by atoms with Crippen LogP contribution in [0.25, 0.3) is 0 Å². The van der Waals surface area contributed by atoms with Crippen molar-refractivity contribution in [1.29, 1.82) is 0 Å². The fraction of sp³-hybridized carbons (Fsp3) is 0.556. The second kappa shape index (κ2) is 10.1. The zero-order chi connectivity index (χ0) is 13.9. The number of rotatable bonds is 9. The summed E-state index contributed by atoms with van der Waals surface area (Å²) in [6.45, 7) is 6.71. The van der Waals surface area contributed by atoms with E-state index in [1.807, 2.05) is 11.8 Å². The van der Waals surface area contributed by atoms with E-state index in [0.717, 1.165) is 6.42 Å². The highest BCUT2D eigenvalue weighted by molar-refractivity contribution is 7.99. The van der Waals surface area contributed by atoms with Gasteiger partial charge in [-0.3, -0.25) is 0 Å². The maximum atomic E-state index is 2.35. The van der Waals surface area contributed by atoms with Crippen molar-refractivity contribution in [2.75, 3.05) is 5.75 Å². The van der Waals surface area contributed by atoms with Crippen LogP contribution in [0.3, 0.4) is 0 Å². The van der Waals surface area contributed by atoms with Gasteiger partial charge in [-0.05, 0) is 55.1 Å². The first-order valence-electron chi connectivity index (χ1n) is 7.69. The zero-order valence-corrected chi connectivity index (χ0v) is 13.5. The average molecular weight is 276 g/mol. The van der Waals surface area contributed by atoms with Crippen LogP contribution < -0.4 is 0 Å². The van der Waals surface area contributed by atoms with Crippen LogP contribution in [0.5, 0.6) is 0 Å². The first kappa shape index (κ1) is 16.4. The van der Waals surface area contributed by atoms with Gasteiger partial charge in [0.1, 0.15) is 0 Å². The summed E-state index contributed by atoms with van der Waals surface area (Å²) in [6.07, 6.45) is 10.8. The molecule has 1 atom stereocenters. The molecule has 106 valence electrons. The highest BCUT2D eigenvalue weighted by Crippen LogP contribution is 2.28. The van der Waals surface area contributed by atoms with E-state index in [2.05, 4.69) is 57.2 Å². The second-order valence-electron chi connectivity index (χ2n) is 5.02. The summed E-state index contributed by atoms with van der Waals surface area (Å²) in [4.78, 5) is 1.41. The Kier molecular flexibility index (Phi) is 8.73. The molecule has 0 N–H and O–H groups in total. The molecule has 0 aliphatic heterocycles. The summed E-state index contributed by atoms with van der Waals surface area (Å²) in [6, 6.07) is 9.25. The summed E-state index contributed by atoms with van der Waals surface area (Å²) in [5, 5.41) is 0. The van der Waals surface area contributed by atoms with Gasteiger partial charge in [-0.2, -0.15) is 0 Å². The number of benzene rings is 1. The molecule has 1 rings (SSSR count). The van der Waals surface area contributed by atoms with Crippen LogP contribution in [0.4, 0.5) is 0 Å². The van der Waals surface area contributed by atoms with Crippen LogP contribution in [0, 0.1) is 0 Å². The third-order valence-corrected chi connectivity index (χ3v) is 4.50. The fourth-order valence-electron chi connectivity index (χ4n) is 2.25. The summed E-state index contributed by atoms with van der Waals surface area (Å²) in [5.41, 5.74) is 1.50. The lowest BCUT2D eigenvalue weighted by Crippen LogP contribution is -1.97. The van der Waals surface area contributed by atoms with E-state index in [1.54, 1.807) is 0 Å². The quantitative estimate of drug-likeness (QED) is 0.370. The minimum absolute atomic E-state index is 0.693. The van der Waals surface area contributed by atoms with Crippen molar-refractivity contribution in [2.45, 2.75) is 63.7 Å². The molecule has 0 fully saturated rings. The predicted octanol–water partition coefficient (Wildman–Crippen LogP) is 6.43. The number of hydrogen-bond donors (Lipinski definition) is 0. The molecule has 0 aliphatic carbocycles. The lowest BCUT2D eigenvalue weighted by atomic mass is 9.91. The van der Waals surface area contributed by atoms with Crippen molar-refractivity contribution >= 4 is 11.8 Å². The monoisotopic (exact) mass is 276 g/mol. The van der Waals surface area contributed by atoms with Crippen molar-refractivity contribution < 1.29 is 0 Å². The molecular weight excluding hydrogens is 248 g/mol. The van der Waals surface area contributed by atoms with Gasteiger partial charge in [0, 0.05) is 4.90 Å². The molecule has 0 nitrogen and oxygen atoms in total. The van der Waals surface area contributed by atoms with Crippen LogP contribution in [0.1, 0.15) is 64.4 Å². The molecule has 1 heteroatoms. The topological polar surface area (TPSA) is 0 Å². The molecular formula is C18H28S. The van der Waals surface area contributed by atoms with Crippen molar-refractivity contribution in [2.24, 2.45) is 0 Å². The maximum absolute atomic E-state index is 2.35. The predicted molar refractivity (Wildman–Crippen MR) is 89.2 cm³/mol. The molecule has 0 saturated heterocycles. The van der Waals surface area contributed by atoms with E-state index in [-0.39, 0.29) is 0 Å². The molecule has 0 radical (unpaired) electrons. The van der Waals surface area contributed by atoms with E-state index >= 15 is 0 Å². The van der Waals surface area contributed by atoms with E-state index in [1.165, 1.54) is 41.9 Å². The Morgan fingerprint density at radius 1 is 1.00 bits per heavy atom. The van der Waals surface area contributed by atoms with E-state index < -0.39 is 0 Å². The molecule has 0 aromatic heterocycles. The van der Waals surface area contributed by atoms with E-state index in [4.69, 9.17) is 0 Å². The molecule has 19 heavy (non-hydrogen) atoms. The molecule has 0 saturated carbocycles. The third-order valence-electron chi connectivity index (χ3n) is 3.28. The molecule has 0 amide bonds. The van der Waals surface area contributed by atoms with Crippen LogP contribution in [-0.4, -0.2) is 5.75 Å². The minimum Gasteiger partial charge on any atom is -0.126 e. The Morgan fingerprint density at radius 2 is 1.74 bits per heavy atom.